The van der Waals surface area contributed by atoms with Crippen LogP contribution in [0.3, 0.4) is 0 Å². The molecule has 0 radical (unpaired) electrons. The number of aromatic amines is 1. The molecule has 96 valence electrons. The van der Waals surface area contributed by atoms with E-state index in [1.807, 2.05) is 6.08 Å². The number of hydrogen-bond acceptors (Lipinski definition) is 4. The molecule has 0 aliphatic heterocycles. The van der Waals surface area contributed by atoms with Crippen LogP contribution >= 0.6 is 11.8 Å². The highest BCUT2D eigenvalue weighted by Gasteiger charge is 2.11. The van der Waals surface area contributed by atoms with Crippen LogP contribution in [-0.4, -0.2) is 28.7 Å². The average molecular weight is 284 g/mol. The molecular formula is C11H12N2O3S2. The Kier molecular flexibility index (Phi) is 3.74. The summed E-state index contributed by atoms with van der Waals surface area (Å²) >= 11 is 1.65. The van der Waals surface area contributed by atoms with Gasteiger partial charge in [0.1, 0.15) is 5.82 Å². The summed E-state index contributed by atoms with van der Waals surface area (Å²) in [4.78, 5) is 7.21. The number of nitrogens with zero attached hydrogens (tertiary/aromatic N) is 1. The molecule has 0 amide bonds. The molecule has 1 aromatic heterocycles. The van der Waals surface area contributed by atoms with E-state index in [1.165, 1.54) is 12.1 Å². The number of fused-ring (bicyclic) bond motifs is 1. The van der Waals surface area contributed by atoms with Gasteiger partial charge in [-0.15, -0.1) is 18.3 Å². The van der Waals surface area contributed by atoms with Crippen molar-refractivity contribution < 1.29 is 13.0 Å². The maximum absolute atomic E-state index is 11.0. The van der Waals surface area contributed by atoms with Crippen molar-refractivity contribution in [3.8, 4) is 0 Å². The van der Waals surface area contributed by atoms with Gasteiger partial charge in [-0.2, -0.15) is 8.42 Å². The van der Waals surface area contributed by atoms with Crippen molar-refractivity contribution in [2.45, 2.75) is 10.6 Å². The van der Waals surface area contributed by atoms with Crippen LogP contribution in [0, 0.1) is 0 Å². The highest BCUT2D eigenvalue weighted by atomic mass is 32.2. The lowest BCUT2D eigenvalue weighted by Gasteiger charge is -1.95. The summed E-state index contributed by atoms with van der Waals surface area (Å²) in [7, 11) is -4.17. The number of thioether (sulfide) groups is 1. The van der Waals surface area contributed by atoms with Gasteiger partial charge in [0, 0.05) is 5.75 Å². The second-order valence-corrected chi connectivity index (χ2v) is 6.09. The summed E-state index contributed by atoms with van der Waals surface area (Å²) in [6.45, 7) is 3.63. The third-order valence-electron chi connectivity index (χ3n) is 2.27. The van der Waals surface area contributed by atoms with Crippen molar-refractivity contribution in [2.75, 3.05) is 5.75 Å². The highest BCUT2D eigenvalue weighted by Crippen LogP contribution is 2.19. The lowest BCUT2D eigenvalue weighted by molar-refractivity contribution is 0.483. The number of rotatable bonds is 5. The smallest absolute Gasteiger partial charge is 0.294 e. The van der Waals surface area contributed by atoms with Crippen molar-refractivity contribution >= 4 is 32.9 Å². The molecule has 2 aromatic rings. The Morgan fingerprint density at radius 3 is 2.94 bits per heavy atom. The van der Waals surface area contributed by atoms with E-state index in [4.69, 9.17) is 4.55 Å². The molecule has 0 saturated heterocycles. The first kappa shape index (κ1) is 13.1. The second-order valence-electron chi connectivity index (χ2n) is 3.64. The van der Waals surface area contributed by atoms with Crippen LogP contribution in [0.15, 0.2) is 35.7 Å². The third kappa shape index (κ3) is 2.92. The summed E-state index contributed by atoms with van der Waals surface area (Å²) in [6.07, 6.45) is 1.81. The minimum absolute atomic E-state index is 0.135. The van der Waals surface area contributed by atoms with Gasteiger partial charge in [-0.3, -0.25) is 4.55 Å². The standard InChI is InChI=1S/C11H12N2O3S2/c1-2-5-17-7-11-12-9-4-3-8(18(14,15)16)6-10(9)13-11/h2-4,6H,1,5,7H2,(H,12,13)(H,14,15,16). The molecule has 0 spiro atoms. The van der Waals surface area contributed by atoms with Gasteiger partial charge < -0.3 is 4.98 Å². The third-order valence-corrected chi connectivity index (χ3v) is 4.07. The number of nitrogens with one attached hydrogen (secondary N) is 1. The van der Waals surface area contributed by atoms with Crippen molar-refractivity contribution in [1.29, 1.82) is 0 Å². The van der Waals surface area contributed by atoms with E-state index in [9.17, 15) is 8.42 Å². The summed E-state index contributed by atoms with van der Waals surface area (Å²) in [6, 6.07) is 4.27. The molecule has 7 heteroatoms. The molecule has 2 N–H and O–H groups in total. The van der Waals surface area contributed by atoms with Gasteiger partial charge in [-0.25, -0.2) is 4.98 Å². The highest BCUT2D eigenvalue weighted by molar-refractivity contribution is 7.98. The van der Waals surface area contributed by atoms with E-state index < -0.39 is 10.1 Å². The molecule has 1 aromatic carbocycles. The van der Waals surface area contributed by atoms with E-state index >= 15 is 0 Å². The van der Waals surface area contributed by atoms with Crippen LogP contribution in [0.25, 0.3) is 11.0 Å². The maximum atomic E-state index is 11.0. The zero-order valence-corrected chi connectivity index (χ0v) is 11.1. The molecule has 0 bridgehead atoms. The predicted molar refractivity (Wildman–Crippen MR) is 72.3 cm³/mol. The molecule has 0 aliphatic carbocycles. The molecule has 18 heavy (non-hydrogen) atoms. The van der Waals surface area contributed by atoms with E-state index in [2.05, 4.69) is 16.5 Å². The Morgan fingerprint density at radius 1 is 1.50 bits per heavy atom. The van der Waals surface area contributed by atoms with E-state index in [-0.39, 0.29) is 4.90 Å². The van der Waals surface area contributed by atoms with Crippen molar-refractivity contribution in [3.63, 3.8) is 0 Å². The Morgan fingerprint density at radius 2 is 2.28 bits per heavy atom. The number of benzene rings is 1. The number of aromatic nitrogens is 2. The molecule has 0 unspecified atom stereocenters. The first-order chi connectivity index (χ1) is 8.50. The molecule has 0 aliphatic rings. The lowest BCUT2D eigenvalue weighted by atomic mass is 10.3. The summed E-state index contributed by atoms with van der Waals surface area (Å²) in [5.41, 5.74) is 1.27. The molecule has 0 saturated carbocycles. The van der Waals surface area contributed by atoms with Crippen molar-refractivity contribution in [1.82, 2.24) is 9.97 Å². The van der Waals surface area contributed by atoms with Gasteiger partial charge in [0.15, 0.2) is 0 Å². The fourth-order valence-corrected chi connectivity index (χ4v) is 2.63. The summed E-state index contributed by atoms with van der Waals surface area (Å²) in [5.74, 6) is 2.29. The Balaban J connectivity index is 2.31. The van der Waals surface area contributed by atoms with Gasteiger partial charge >= 0.3 is 0 Å². The SMILES string of the molecule is C=CCSCc1nc2ccc(S(=O)(=O)O)cc2[nH]1. The lowest BCUT2D eigenvalue weighted by Crippen LogP contribution is -1.97. The maximum Gasteiger partial charge on any atom is 0.294 e. The summed E-state index contributed by atoms with van der Waals surface area (Å²) in [5, 5.41) is 0. The van der Waals surface area contributed by atoms with Gasteiger partial charge in [-0.1, -0.05) is 6.08 Å². The molecule has 2 rings (SSSR count). The van der Waals surface area contributed by atoms with Crippen LogP contribution in [0.5, 0.6) is 0 Å². The Hall–Kier alpha value is -1.31. The quantitative estimate of drug-likeness (QED) is 0.500. The Labute approximate surface area is 109 Å². The van der Waals surface area contributed by atoms with Crippen LogP contribution in [-0.2, 0) is 15.9 Å². The minimum atomic E-state index is -4.17. The molecule has 0 fully saturated rings. The summed E-state index contributed by atoms with van der Waals surface area (Å²) < 4.78 is 31.0. The van der Waals surface area contributed by atoms with Crippen LogP contribution in [0.1, 0.15) is 5.82 Å². The van der Waals surface area contributed by atoms with Gasteiger partial charge in [0.2, 0.25) is 0 Å². The number of H-pyrrole nitrogens is 1. The number of imidazole rings is 1. The molecule has 0 atom stereocenters. The van der Waals surface area contributed by atoms with Crippen LogP contribution in [0.4, 0.5) is 0 Å². The monoisotopic (exact) mass is 284 g/mol. The zero-order chi connectivity index (χ0) is 13.2. The van der Waals surface area contributed by atoms with E-state index in [1.54, 1.807) is 17.8 Å². The van der Waals surface area contributed by atoms with Crippen molar-refractivity contribution in [3.05, 3.63) is 36.7 Å². The fraction of sp³-hybridized carbons (Fsp3) is 0.182. The van der Waals surface area contributed by atoms with Gasteiger partial charge in [-0.05, 0) is 18.2 Å². The first-order valence-electron chi connectivity index (χ1n) is 5.15. The number of hydrogen-bond donors (Lipinski definition) is 2. The first-order valence-corrected chi connectivity index (χ1v) is 7.75. The van der Waals surface area contributed by atoms with Crippen LogP contribution < -0.4 is 0 Å². The van der Waals surface area contributed by atoms with Crippen LogP contribution in [0.2, 0.25) is 0 Å². The topological polar surface area (TPSA) is 83.1 Å². The minimum Gasteiger partial charge on any atom is -0.341 e. The van der Waals surface area contributed by atoms with Gasteiger partial charge in [0.05, 0.1) is 21.7 Å². The fourth-order valence-electron chi connectivity index (χ4n) is 1.51. The Bertz CT molecular complexity index is 677. The normalized spacial score (nSPS) is 11.8. The zero-order valence-electron chi connectivity index (χ0n) is 9.46. The largest absolute Gasteiger partial charge is 0.341 e. The second kappa shape index (κ2) is 5.13. The van der Waals surface area contributed by atoms with E-state index in [0.29, 0.717) is 16.8 Å². The average Bonchev–Trinajstić information content (AvgIpc) is 2.69. The van der Waals surface area contributed by atoms with Crippen molar-refractivity contribution in [2.24, 2.45) is 0 Å². The molecular weight excluding hydrogens is 272 g/mol. The molecule has 5 nitrogen and oxygen atoms in total. The predicted octanol–water partition coefficient (Wildman–Crippen LogP) is 2.23. The van der Waals surface area contributed by atoms with Gasteiger partial charge in [0.25, 0.3) is 10.1 Å². The molecule has 1 heterocycles. The van der Waals surface area contributed by atoms with E-state index in [0.717, 1.165) is 11.6 Å².